The summed E-state index contributed by atoms with van der Waals surface area (Å²) in [6.07, 6.45) is 3.36. The molecule has 1 unspecified atom stereocenters. The molecule has 0 saturated carbocycles. The van der Waals surface area contributed by atoms with Gasteiger partial charge in [-0.2, -0.15) is 0 Å². The van der Waals surface area contributed by atoms with Gasteiger partial charge in [-0.1, -0.05) is 49.4 Å². The molecule has 1 fully saturated rings. The predicted molar refractivity (Wildman–Crippen MR) is 111 cm³/mol. The van der Waals surface area contributed by atoms with Gasteiger partial charge in [-0.15, -0.1) is 0 Å². The third kappa shape index (κ3) is 4.74. The van der Waals surface area contributed by atoms with Crippen molar-refractivity contribution in [1.82, 2.24) is 10.2 Å². The Hall–Kier alpha value is -2.33. The zero-order chi connectivity index (χ0) is 19.3. The molecular formula is C24H30N2O2. The Morgan fingerprint density at radius 3 is 2.57 bits per heavy atom. The lowest BCUT2D eigenvalue weighted by Gasteiger charge is -2.30. The van der Waals surface area contributed by atoms with E-state index in [1.165, 1.54) is 31.5 Å². The molecule has 1 amide bonds. The second-order valence-corrected chi connectivity index (χ2v) is 8.31. The number of ether oxygens (including phenoxy) is 1. The minimum absolute atomic E-state index is 0.0704. The number of likely N-dealkylation sites (tertiary alicyclic amines) is 1. The Morgan fingerprint density at radius 1 is 1.07 bits per heavy atom. The number of carbonyl (C=O) groups excluding carboxylic acids is 1. The van der Waals surface area contributed by atoms with E-state index in [0.29, 0.717) is 13.2 Å². The average molecular weight is 379 g/mol. The van der Waals surface area contributed by atoms with Crippen LogP contribution in [0.1, 0.15) is 36.5 Å². The molecule has 2 heterocycles. The molecule has 1 N–H and O–H groups in total. The van der Waals surface area contributed by atoms with Gasteiger partial charge >= 0.3 is 0 Å². The van der Waals surface area contributed by atoms with Crippen LogP contribution in [0.5, 0.6) is 5.75 Å². The lowest BCUT2D eigenvalue weighted by molar-refractivity contribution is -0.126. The zero-order valence-electron chi connectivity index (χ0n) is 16.7. The van der Waals surface area contributed by atoms with Gasteiger partial charge < -0.3 is 10.1 Å². The van der Waals surface area contributed by atoms with E-state index < -0.39 is 0 Å². The molecule has 2 aromatic rings. The summed E-state index contributed by atoms with van der Waals surface area (Å²) in [6, 6.07) is 16.6. The van der Waals surface area contributed by atoms with Crippen molar-refractivity contribution in [3.8, 4) is 5.75 Å². The number of amides is 1. The third-order valence-electron chi connectivity index (χ3n) is 6.02. The summed E-state index contributed by atoms with van der Waals surface area (Å²) in [5.74, 6) is 1.73. The summed E-state index contributed by atoms with van der Waals surface area (Å²) in [7, 11) is 0. The van der Waals surface area contributed by atoms with Crippen LogP contribution in [0.25, 0.3) is 0 Å². The van der Waals surface area contributed by atoms with Gasteiger partial charge in [0.2, 0.25) is 5.91 Å². The summed E-state index contributed by atoms with van der Waals surface area (Å²) in [5.41, 5.74) is 3.61. The summed E-state index contributed by atoms with van der Waals surface area (Å²) in [4.78, 5) is 15.1. The fourth-order valence-corrected chi connectivity index (χ4v) is 4.07. The number of carbonyl (C=O) groups is 1. The van der Waals surface area contributed by atoms with Gasteiger partial charge in [0.1, 0.15) is 12.4 Å². The van der Waals surface area contributed by atoms with E-state index in [1.807, 2.05) is 24.3 Å². The largest absolute Gasteiger partial charge is 0.492 e. The molecule has 148 valence electrons. The molecule has 2 aromatic carbocycles. The Kier molecular flexibility index (Phi) is 5.96. The first-order valence-corrected chi connectivity index (χ1v) is 10.5. The highest BCUT2D eigenvalue weighted by atomic mass is 16.5. The smallest absolute Gasteiger partial charge is 0.227 e. The van der Waals surface area contributed by atoms with E-state index >= 15 is 0 Å². The fourth-order valence-electron chi connectivity index (χ4n) is 4.07. The summed E-state index contributed by atoms with van der Waals surface area (Å²) in [5, 5.41) is 3.08. The number of para-hydroxylation sites is 1. The van der Waals surface area contributed by atoms with Gasteiger partial charge in [-0.05, 0) is 61.0 Å². The van der Waals surface area contributed by atoms with Gasteiger partial charge in [-0.25, -0.2) is 0 Å². The van der Waals surface area contributed by atoms with Crippen molar-refractivity contribution in [1.29, 1.82) is 0 Å². The van der Waals surface area contributed by atoms with Crippen molar-refractivity contribution in [2.45, 2.75) is 39.3 Å². The van der Waals surface area contributed by atoms with E-state index in [1.54, 1.807) is 0 Å². The predicted octanol–water partition coefficient (Wildman–Crippen LogP) is 3.79. The molecule has 1 atom stereocenters. The van der Waals surface area contributed by atoms with E-state index in [2.05, 4.69) is 41.4 Å². The molecule has 2 aliphatic rings. The Labute approximate surface area is 167 Å². The van der Waals surface area contributed by atoms with E-state index in [4.69, 9.17) is 4.74 Å². The first-order chi connectivity index (χ1) is 13.7. The lowest BCUT2D eigenvalue weighted by atomic mass is 9.96. The van der Waals surface area contributed by atoms with Crippen molar-refractivity contribution < 1.29 is 9.53 Å². The van der Waals surface area contributed by atoms with Crippen LogP contribution in [-0.2, 0) is 24.3 Å². The molecule has 28 heavy (non-hydrogen) atoms. The van der Waals surface area contributed by atoms with E-state index in [-0.39, 0.29) is 11.8 Å². The maximum atomic E-state index is 12.5. The minimum atomic E-state index is -0.115. The summed E-state index contributed by atoms with van der Waals surface area (Å²) >= 11 is 0. The SMILES string of the molecule is CC1CCN(Cc2ccc(CNC(=O)C3COc4ccccc4C3)cc2)CC1. The molecule has 0 radical (unpaired) electrons. The quantitative estimate of drug-likeness (QED) is 0.861. The van der Waals surface area contributed by atoms with Crippen molar-refractivity contribution in [3.63, 3.8) is 0 Å². The van der Waals surface area contributed by atoms with Crippen molar-refractivity contribution >= 4 is 5.91 Å². The molecular weight excluding hydrogens is 348 g/mol. The highest BCUT2D eigenvalue weighted by Gasteiger charge is 2.25. The fraction of sp³-hybridized carbons (Fsp3) is 0.458. The third-order valence-corrected chi connectivity index (χ3v) is 6.02. The lowest BCUT2D eigenvalue weighted by Crippen LogP contribution is -2.37. The number of benzene rings is 2. The van der Waals surface area contributed by atoms with Crippen molar-refractivity contribution in [3.05, 3.63) is 65.2 Å². The average Bonchev–Trinajstić information content (AvgIpc) is 2.74. The Bertz CT molecular complexity index is 795. The number of fused-ring (bicyclic) bond motifs is 1. The van der Waals surface area contributed by atoms with E-state index in [9.17, 15) is 4.79 Å². The van der Waals surface area contributed by atoms with E-state index in [0.717, 1.165) is 35.8 Å². The van der Waals surface area contributed by atoms with Crippen molar-refractivity contribution in [2.24, 2.45) is 11.8 Å². The summed E-state index contributed by atoms with van der Waals surface area (Å²) < 4.78 is 5.74. The molecule has 4 heteroatoms. The minimum Gasteiger partial charge on any atom is -0.492 e. The van der Waals surface area contributed by atoms with Crippen LogP contribution in [0.2, 0.25) is 0 Å². The summed E-state index contributed by atoms with van der Waals surface area (Å²) in [6.45, 7) is 6.79. The molecule has 0 aliphatic carbocycles. The first-order valence-electron chi connectivity index (χ1n) is 10.5. The van der Waals surface area contributed by atoms with Crippen LogP contribution in [0.15, 0.2) is 48.5 Å². The molecule has 2 aliphatic heterocycles. The zero-order valence-corrected chi connectivity index (χ0v) is 16.7. The molecule has 4 nitrogen and oxygen atoms in total. The number of nitrogens with one attached hydrogen (secondary N) is 1. The number of hydrogen-bond acceptors (Lipinski definition) is 3. The van der Waals surface area contributed by atoms with Crippen LogP contribution in [0.4, 0.5) is 0 Å². The van der Waals surface area contributed by atoms with Gasteiger partial charge in [0.25, 0.3) is 0 Å². The second kappa shape index (κ2) is 8.78. The van der Waals surface area contributed by atoms with Gasteiger partial charge in [0, 0.05) is 13.1 Å². The number of piperidine rings is 1. The van der Waals surface area contributed by atoms with Crippen LogP contribution >= 0.6 is 0 Å². The number of rotatable bonds is 5. The second-order valence-electron chi connectivity index (χ2n) is 8.31. The Morgan fingerprint density at radius 2 is 1.79 bits per heavy atom. The topological polar surface area (TPSA) is 41.6 Å². The number of nitrogens with zero attached hydrogens (tertiary/aromatic N) is 1. The molecule has 0 aromatic heterocycles. The number of hydrogen-bond donors (Lipinski definition) is 1. The van der Waals surface area contributed by atoms with Gasteiger partial charge in [0.05, 0.1) is 5.92 Å². The van der Waals surface area contributed by atoms with Crippen LogP contribution in [-0.4, -0.2) is 30.5 Å². The van der Waals surface area contributed by atoms with Crippen LogP contribution in [0.3, 0.4) is 0 Å². The highest BCUT2D eigenvalue weighted by molar-refractivity contribution is 5.79. The molecule has 4 rings (SSSR count). The standard InChI is InChI=1S/C24H30N2O2/c1-18-10-12-26(13-11-18)16-20-8-6-19(7-9-20)15-25-24(27)22-14-21-4-2-3-5-23(21)28-17-22/h2-9,18,22H,10-17H2,1H3,(H,25,27). The maximum Gasteiger partial charge on any atom is 0.227 e. The first kappa shape index (κ1) is 19.0. The maximum absolute atomic E-state index is 12.5. The van der Waals surface area contributed by atoms with Crippen molar-refractivity contribution in [2.75, 3.05) is 19.7 Å². The van der Waals surface area contributed by atoms with Crippen LogP contribution in [0, 0.1) is 11.8 Å². The monoisotopic (exact) mass is 378 g/mol. The molecule has 0 bridgehead atoms. The normalized spacial score (nSPS) is 20.2. The molecule has 1 saturated heterocycles. The van der Waals surface area contributed by atoms with Crippen LogP contribution < -0.4 is 10.1 Å². The Balaban J connectivity index is 1.25. The van der Waals surface area contributed by atoms with Gasteiger partial charge in [0.15, 0.2) is 0 Å². The highest BCUT2D eigenvalue weighted by Crippen LogP contribution is 2.26. The van der Waals surface area contributed by atoms with Gasteiger partial charge in [-0.3, -0.25) is 9.69 Å². The molecule has 0 spiro atoms.